The third-order valence-electron chi connectivity index (χ3n) is 19.0. The van der Waals surface area contributed by atoms with Gasteiger partial charge in [0.2, 0.25) is 0 Å². The molecule has 0 N–H and O–H groups in total. The predicted molar refractivity (Wildman–Crippen MR) is 319 cm³/mol. The van der Waals surface area contributed by atoms with E-state index in [9.17, 15) is 0 Å². The van der Waals surface area contributed by atoms with Crippen molar-refractivity contribution in [2.45, 2.75) is 34.1 Å². The Morgan fingerprint density at radius 2 is 0.493 bits per heavy atom. The minimum Gasteiger partial charge on any atom is -0.364 e. The van der Waals surface area contributed by atoms with Gasteiger partial charge in [-0.25, -0.2) is 0 Å². The molecule has 0 aromatic carbocycles. The zero-order valence-electron chi connectivity index (χ0n) is 50.1. The molecular weight excluding hydrogens is 879 g/mol. The Bertz CT molecular complexity index is 1820. The molecule has 0 aromatic rings. The number of fused-ring (bicyclic) bond motifs is 6. The van der Waals surface area contributed by atoms with Crippen molar-refractivity contribution in [1.82, 2.24) is 113 Å². The molecule has 7 saturated heterocycles. The molecule has 7 fully saturated rings. The van der Waals surface area contributed by atoms with Crippen molar-refractivity contribution in [3.63, 3.8) is 0 Å². The van der Waals surface area contributed by atoms with E-state index >= 15 is 0 Å². The van der Waals surface area contributed by atoms with E-state index in [1.165, 1.54) is 0 Å². The van der Waals surface area contributed by atoms with E-state index in [2.05, 4.69) is 324 Å². The summed E-state index contributed by atoms with van der Waals surface area (Å²) >= 11 is 0. The Hall–Kier alpha value is 0.209. The van der Waals surface area contributed by atoms with E-state index in [-0.39, 0.29) is 120 Å². The average Bonchev–Trinajstić information content (AvgIpc) is 3.27. The molecule has 7 rings (SSSR count). The number of rotatable bonds is 6. The summed E-state index contributed by atoms with van der Waals surface area (Å²) in [5.41, 5.74) is 0. The molecule has 0 aromatic heterocycles. The van der Waals surface area contributed by atoms with Crippen LogP contribution in [0.1, 0.15) is 0 Å². The molecule has 71 heavy (non-hydrogen) atoms. The Balaban J connectivity index is 1.57. The second kappa shape index (κ2) is 21.8. The van der Waals surface area contributed by atoms with Crippen LogP contribution >= 0.6 is 0 Å². The second-order valence-corrected chi connectivity index (χ2v) is 23.6. The van der Waals surface area contributed by atoms with Gasteiger partial charge in [0, 0.05) is 0 Å². The van der Waals surface area contributed by atoms with Crippen molar-refractivity contribution in [2.24, 2.45) is 0 Å². The maximum absolute atomic E-state index is 2.87. The molecule has 0 spiro atoms. The van der Waals surface area contributed by atoms with E-state index in [1.807, 2.05) is 0 Å². The average molecular weight is 967 g/mol. The SMILES string of the molecule is CB1N(C)[B]N(C)B(N(C)B2N(C)B3N(C)B4N(C)B(N(C)C)N(C)B(N4C)N(B4N(C)B(C)N(C)B(N(C)C)N4C)B4N(C)B(C)N(C)B(N4C)N(B4N(C)B(C)N(C)B(C)N4C)B(N2C)N3C)N1C. The van der Waals surface area contributed by atoms with Crippen molar-refractivity contribution < 1.29 is 0 Å². The Kier molecular flexibility index (Phi) is 18.1. The van der Waals surface area contributed by atoms with E-state index in [0.29, 0.717) is 0 Å². The third kappa shape index (κ3) is 9.22. The first-order valence-corrected chi connectivity index (χ1v) is 26.0. The fourth-order valence-electron chi connectivity index (χ4n) is 15.2. The second-order valence-electron chi connectivity index (χ2n) is 23.6. The summed E-state index contributed by atoms with van der Waals surface area (Å²) in [5, 5.41) is 0. The van der Waals surface area contributed by atoms with Crippen LogP contribution in [0.15, 0.2) is 0 Å². The van der Waals surface area contributed by atoms with Crippen LogP contribution in [0.4, 0.5) is 0 Å². The highest BCUT2D eigenvalue weighted by Gasteiger charge is 2.70. The zero-order chi connectivity index (χ0) is 53.4. The first kappa shape index (κ1) is 58.9. The van der Waals surface area contributed by atoms with Gasteiger partial charge in [-0.2, -0.15) is 0 Å². The lowest BCUT2D eigenvalue weighted by molar-refractivity contribution is 0.353. The van der Waals surface area contributed by atoms with E-state index in [4.69, 9.17) is 0 Å². The fourth-order valence-corrected chi connectivity index (χ4v) is 15.2. The van der Waals surface area contributed by atoms with Gasteiger partial charge in [0.25, 0.3) is 42.5 Å². The van der Waals surface area contributed by atoms with Crippen LogP contribution < -0.4 is 0 Å². The molecule has 0 unspecified atom stereocenters. The molecule has 0 amide bonds. The van der Waals surface area contributed by atoms with Crippen LogP contribution in [-0.4, -0.2) is 410 Å². The van der Waals surface area contributed by atoms with Crippen LogP contribution in [0, 0.1) is 0 Å². The quantitative estimate of drug-likeness (QED) is 0.237. The Morgan fingerprint density at radius 3 is 0.901 bits per heavy atom. The largest absolute Gasteiger partial charge is 0.384 e. The molecular formula is C29H87B18N24. The van der Waals surface area contributed by atoms with Crippen LogP contribution in [0.5, 0.6) is 0 Å². The summed E-state index contributed by atoms with van der Waals surface area (Å²) < 4.78 is 57.2. The molecule has 0 atom stereocenters. The standard InChI is InChI=1S/C29H87B18N24/c1-31-50(10)30-51(11)38(53(31)13)63(23)40-65(25)41-64(24)39-60(20)37(49(8)9)62(22)46(66(39)26)71(43-57(17)34(4)54(14)36(48(6)7)61(43)21)45-59(19)35(5)58(18)44(69(45)29)70(47(67(40)27)68(41)28)42-55(15)32(2)52(12)33(3)56(42)16/h1-29H3. The Labute approximate surface area is 442 Å². The number of hydrogen-bond donors (Lipinski definition) is 0. The first-order chi connectivity index (χ1) is 32.9. The van der Waals surface area contributed by atoms with Gasteiger partial charge >= 0.3 is 85.4 Å². The highest BCUT2D eigenvalue weighted by molar-refractivity contribution is 7.04. The van der Waals surface area contributed by atoms with Crippen molar-refractivity contribution >= 4 is 128 Å². The zero-order valence-corrected chi connectivity index (χ0v) is 50.1. The summed E-state index contributed by atoms with van der Waals surface area (Å²) in [6, 6.07) is 0. The number of nitrogens with zero attached hydrogens (tertiary/aromatic N) is 24. The summed E-state index contributed by atoms with van der Waals surface area (Å²) in [5.74, 6) is 0. The van der Waals surface area contributed by atoms with Gasteiger partial charge in [-0.05, 0) is 169 Å². The maximum Gasteiger partial charge on any atom is 0.384 e. The van der Waals surface area contributed by atoms with Gasteiger partial charge in [0.1, 0.15) is 0 Å². The normalized spacial score (nSPS) is 27.2. The maximum atomic E-state index is 2.87. The summed E-state index contributed by atoms with van der Waals surface area (Å²) in [7, 11) is 56.1. The highest BCUT2D eigenvalue weighted by Crippen LogP contribution is 2.36. The molecule has 7 aliphatic rings. The summed E-state index contributed by atoms with van der Waals surface area (Å²) in [4.78, 5) is 4.76. The molecule has 377 valence electrons. The first-order valence-electron chi connectivity index (χ1n) is 26.0. The molecule has 0 aliphatic carbocycles. The van der Waals surface area contributed by atoms with Crippen LogP contribution in [-0.2, 0) is 0 Å². The fraction of sp³-hybridized carbons (Fsp3) is 1.00. The molecule has 7 heterocycles. The van der Waals surface area contributed by atoms with E-state index in [1.54, 1.807) is 0 Å². The van der Waals surface area contributed by atoms with E-state index in [0.717, 1.165) is 0 Å². The lowest BCUT2D eigenvalue weighted by Gasteiger charge is -2.67. The molecule has 42 heteroatoms. The summed E-state index contributed by atoms with van der Waals surface area (Å²) in [6.07, 6.45) is 0. The lowest BCUT2D eigenvalue weighted by atomic mass is 9.36. The molecule has 7 aliphatic heterocycles. The topological polar surface area (TPSA) is 77.8 Å². The Morgan fingerprint density at radius 1 is 0.239 bits per heavy atom. The van der Waals surface area contributed by atoms with E-state index < -0.39 is 0 Å². The lowest BCUT2D eigenvalue weighted by Crippen LogP contribution is -2.98. The van der Waals surface area contributed by atoms with Gasteiger partial charge in [-0.3, -0.25) is 0 Å². The van der Waals surface area contributed by atoms with Crippen molar-refractivity contribution in [3.8, 4) is 0 Å². The van der Waals surface area contributed by atoms with Crippen LogP contribution in [0.2, 0.25) is 34.1 Å². The predicted octanol–water partition coefficient (Wildman–Crippen LogP) is -7.61. The van der Waals surface area contributed by atoms with Crippen molar-refractivity contribution in [2.75, 3.05) is 169 Å². The molecule has 0 saturated carbocycles. The van der Waals surface area contributed by atoms with Crippen molar-refractivity contribution in [1.29, 1.82) is 0 Å². The molecule has 1 radical (unpaired) electrons. The monoisotopic (exact) mass is 970 g/mol. The minimum absolute atomic E-state index is 0.0214. The summed E-state index contributed by atoms with van der Waals surface area (Å²) in [6.45, 7) is 12.6. The van der Waals surface area contributed by atoms with Gasteiger partial charge in [-0.15, -0.1) is 0 Å². The minimum atomic E-state index is -0.222. The van der Waals surface area contributed by atoms with Crippen LogP contribution in [0.3, 0.4) is 0 Å². The number of hydrogen-bond acceptors (Lipinski definition) is 24. The smallest absolute Gasteiger partial charge is 0.364 e. The van der Waals surface area contributed by atoms with Gasteiger partial charge in [-0.1, -0.05) is 34.1 Å². The van der Waals surface area contributed by atoms with Gasteiger partial charge in [0.15, 0.2) is 0 Å². The van der Waals surface area contributed by atoms with Crippen LogP contribution in [0.25, 0.3) is 0 Å². The third-order valence-corrected chi connectivity index (χ3v) is 19.0. The van der Waals surface area contributed by atoms with Gasteiger partial charge < -0.3 is 113 Å². The molecule has 24 nitrogen and oxygen atoms in total. The van der Waals surface area contributed by atoms with Gasteiger partial charge in [0.05, 0.1) is 0 Å². The highest BCUT2D eigenvalue weighted by atomic mass is 15.6. The molecule has 6 bridgehead atoms. The van der Waals surface area contributed by atoms with Crippen molar-refractivity contribution in [3.05, 3.63) is 0 Å².